The predicted octanol–water partition coefficient (Wildman–Crippen LogP) is 3.35. The second-order valence-electron chi connectivity index (χ2n) is 4.95. The van der Waals surface area contributed by atoms with Gasteiger partial charge in [0.05, 0.1) is 44.9 Å². The van der Waals surface area contributed by atoms with Crippen LogP contribution in [0.1, 0.15) is 23.1 Å². The van der Waals surface area contributed by atoms with Gasteiger partial charge in [-0.25, -0.2) is 4.79 Å². The average Bonchev–Trinajstić information content (AvgIpc) is 2.96. The quantitative estimate of drug-likeness (QED) is 0.329. The zero-order valence-electron chi connectivity index (χ0n) is 14.8. The van der Waals surface area contributed by atoms with E-state index >= 15 is 0 Å². The first kappa shape index (κ1) is 19.5. The van der Waals surface area contributed by atoms with Gasteiger partial charge in [-0.3, -0.25) is 0 Å². The van der Waals surface area contributed by atoms with Gasteiger partial charge in [-0.15, -0.1) is 0 Å². The average molecular weight is 383 g/mol. The summed E-state index contributed by atoms with van der Waals surface area (Å²) in [6, 6.07) is 3.36. The van der Waals surface area contributed by atoms with E-state index in [9.17, 15) is 4.79 Å². The van der Waals surface area contributed by atoms with Crippen LogP contribution in [0.25, 0.3) is 11.1 Å². The fourth-order valence-corrected chi connectivity index (χ4v) is 2.88. The Bertz CT molecular complexity index is 831. The SMILES string of the molecule is CCOC(=O)c1[nH]c(C=NO)c(-c2ccc(OC)c(OC)c2OC)c1Cl. The van der Waals surface area contributed by atoms with Crippen molar-refractivity contribution in [1.29, 1.82) is 0 Å². The number of carbonyl (C=O) groups excluding carboxylic acids is 1. The first-order valence-corrected chi connectivity index (χ1v) is 7.97. The summed E-state index contributed by atoms with van der Waals surface area (Å²) in [5, 5.41) is 12.1. The van der Waals surface area contributed by atoms with Crippen LogP contribution in [-0.4, -0.2) is 50.3 Å². The Labute approximate surface area is 155 Å². The highest BCUT2D eigenvalue weighted by Crippen LogP contribution is 2.47. The van der Waals surface area contributed by atoms with E-state index in [0.29, 0.717) is 34.1 Å². The molecule has 0 amide bonds. The van der Waals surface area contributed by atoms with Crippen molar-refractivity contribution in [2.45, 2.75) is 6.92 Å². The second-order valence-corrected chi connectivity index (χ2v) is 5.33. The third-order valence-corrected chi connectivity index (χ3v) is 3.99. The zero-order valence-corrected chi connectivity index (χ0v) is 15.5. The smallest absolute Gasteiger partial charge is 0.356 e. The lowest BCUT2D eigenvalue weighted by molar-refractivity contribution is 0.0520. The first-order chi connectivity index (χ1) is 12.5. The summed E-state index contributed by atoms with van der Waals surface area (Å²) >= 11 is 6.43. The van der Waals surface area contributed by atoms with Crippen LogP contribution in [0.3, 0.4) is 0 Å². The molecule has 0 unspecified atom stereocenters. The van der Waals surface area contributed by atoms with Crippen LogP contribution in [0, 0.1) is 0 Å². The summed E-state index contributed by atoms with van der Waals surface area (Å²) < 4.78 is 21.1. The van der Waals surface area contributed by atoms with E-state index in [-0.39, 0.29) is 17.3 Å². The van der Waals surface area contributed by atoms with Gasteiger partial charge in [0.1, 0.15) is 5.69 Å². The van der Waals surface area contributed by atoms with Crippen molar-refractivity contribution in [2.24, 2.45) is 5.16 Å². The Morgan fingerprint density at radius 3 is 2.46 bits per heavy atom. The minimum Gasteiger partial charge on any atom is -0.493 e. The molecule has 8 nitrogen and oxygen atoms in total. The summed E-state index contributed by atoms with van der Waals surface area (Å²) in [5.74, 6) is 0.531. The van der Waals surface area contributed by atoms with Crippen molar-refractivity contribution < 1.29 is 28.9 Å². The van der Waals surface area contributed by atoms with Gasteiger partial charge in [-0.1, -0.05) is 16.8 Å². The molecular formula is C17H19ClN2O6. The number of oxime groups is 1. The number of benzene rings is 1. The largest absolute Gasteiger partial charge is 0.493 e. The Kier molecular flexibility index (Phi) is 6.35. The number of H-pyrrole nitrogens is 1. The van der Waals surface area contributed by atoms with E-state index in [4.69, 9.17) is 35.8 Å². The minimum atomic E-state index is -0.629. The molecule has 0 atom stereocenters. The van der Waals surface area contributed by atoms with Crippen LogP contribution in [-0.2, 0) is 4.74 Å². The van der Waals surface area contributed by atoms with Crippen LogP contribution < -0.4 is 14.2 Å². The number of aromatic nitrogens is 1. The highest BCUT2D eigenvalue weighted by atomic mass is 35.5. The molecule has 1 aromatic carbocycles. The third kappa shape index (κ3) is 3.41. The van der Waals surface area contributed by atoms with Gasteiger partial charge in [0.15, 0.2) is 11.5 Å². The Hall–Kier alpha value is -2.87. The lowest BCUT2D eigenvalue weighted by Crippen LogP contribution is -2.05. The molecular weight excluding hydrogens is 364 g/mol. The van der Waals surface area contributed by atoms with Gasteiger partial charge in [-0.2, -0.15) is 0 Å². The van der Waals surface area contributed by atoms with Crippen molar-refractivity contribution in [1.82, 2.24) is 4.98 Å². The number of nitrogens with zero attached hydrogens (tertiary/aromatic N) is 1. The van der Waals surface area contributed by atoms with E-state index in [1.54, 1.807) is 19.1 Å². The number of rotatable bonds is 7. The number of esters is 1. The number of methoxy groups -OCH3 is 3. The zero-order chi connectivity index (χ0) is 19.3. The van der Waals surface area contributed by atoms with Crippen LogP contribution >= 0.6 is 11.6 Å². The van der Waals surface area contributed by atoms with E-state index in [2.05, 4.69) is 10.1 Å². The monoisotopic (exact) mass is 382 g/mol. The molecule has 140 valence electrons. The molecule has 2 rings (SSSR count). The molecule has 0 aliphatic carbocycles. The number of halogens is 1. The molecule has 0 bridgehead atoms. The standard InChI is InChI=1S/C17H19ClN2O6/c1-5-26-17(21)14-13(18)12(10(20-14)8-19-22)9-6-7-11(23-2)16(25-4)15(9)24-3/h6-8,20,22H,5H2,1-4H3. The maximum atomic E-state index is 12.1. The molecule has 1 heterocycles. The van der Waals surface area contributed by atoms with Crippen LogP contribution in [0.4, 0.5) is 0 Å². The van der Waals surface area contributed by atoms with Crippen LogP contribution in [0.5, 0.6) is 17.2 Å². The van der Waals surface area contributed by atoms with E-state index in [1.807, 2.05) is 0 Å². The summed E-state index contributed by atoms with van der Waals surface area (Å²) in [6.45, 7) is 1.87. The van der Waals surface area contributed by atoms with Gasteiger partial charge in [-0.05, 0) is 19.1 Å². The molecule has 9 heteroatoms. The normalized spacial score (nSPS) is 10.8. The van der Waals surface area contributed by atoms with Gasteiger partial charge in [0.2, 0.25) is 5.75 Å². The lowest BCUT2D eigenvalue weighted by Gasteiger charge is -2.16. The highest BCUT2D eigenvalue weighted by Gasteiger charge is 2.26. The van der Waals surface area contributed by atoms with Crippen molar-refractivity contribution in [3.63, 3.8) is 0 Å². The van der Waals surface area contributed by atoms with E-state index in [0.717, 1.165) is 6.21 Å². The summed E-state index contributed by atoms with van der Waals surface area (Å²) in [5.41, 5.74) is 1.24. The maximum absolute atomic E-state index is 12.1. The second kappa shape index (κ2) is 8.48. The molecule has 0 spiro atoms. The number of aromatic amines is 1. The maximum Gasteiger partial charge on any atom is 0.356 e. The van der Waals surface area contributed by atoms with Crippen molar-refractivity contribution in [2.75, 3.05) is 27.9 Å². The Morgan fingerprint density at radius 2 is 1.92 bits per heavy atom. The Balaban J connectivity index is 2.77. The molecule has 2 aromatic rings. The summed E-state index contributed by atoms with van der Waals surface area (Å²) in [4.78, 5) is 14.9. The predicted molar refractivity (Wildman–Crippen MR) is 96.2 cm³/mol. The van der Waals surface area contributed by atoms with Crippen molar-refractivity contribution >= 4 is 23.8 Å². The number of hydrogen-bond acceptors (Lipinski definition) is 7. The van der Waals surface area contributed by atoms with Crippen LogP contribution in [0.2, 0.25) is 5.02 Å². The molecule has 0 saturated heterocycles. The van der Waals surface area contributed by atoms with Gasteiger partial charge >= 0.3 is 5.97 Å². The fourth-order valence-electron chi connectivity index (χ4n) is 2.56. The molecule has 26 heavy (non-hydrogen) atoms. The minimum absolute atomic E-state index is 0.0373. The van der Waals surface area contributed by atoms with Crippen molar-refractivity contribution in [3.8, 4) is 28.4 Å². The Morgan fingerprint density at radius 1 is 1.23 bits per heavy atom. The number of carbonyl (C=O) groups is 1. The van der Waals surface area contributed by atoms with Gasteiger partial charge in [0.25, 0.3) is 0 Å². The topological polar surface area (TPSA) is 102 Å². The lowest BCUT2D eigenvalue weighted by atomic mass is 10.0. The fraction of sp³-hybridized carbons (Fsp3) is 0.294. The summed E-state index contributed by atoms with van der Waals surface area (Å²) in [6.07, 6.45) is 1.13. The molecule has 0 fully saturated rings. The number of ether oxygens (including phenoxy) is 4. The molecule has 1 aromatic heterocycles. The third-order valence-electron chi connectivity index (χ3n) is 3.61. The van der Waals surface area contributed by atoms with E-state index < -0.39 is 5.97 Å². The van der Waals surface area contributed by atoms with Crippen molar-refractivity contribution in [3.05, 3.63) is 28.5 Å². The first-order valence-electron chi connectivity index (χ1n) is 7.59. The summed E-state index contributed by atoms with van der Waals surface area (Å²) in [7, 11) is 4.44. The number of nitrogens with one attached hydrogen (secondary N) is 1. The van der Waals surface area contributed by atoms with Gasteiger partial charge in [0, 0.05) is 11.1 Å². The molecule has 0 aliphatic heterocycles. The molecule has 0 saturated carbocycles. The number of hydrogen-bond donors (Lipinski definition) is 2. The molecule has 2 N–H and O–H groups in total. The molecule has 0 aliphatic rings. The highest BCUT2D eigenvalue weighted by molar-refractivity contribution is 6.37. The van der Waals surface area contributed by atoms with E-state index in [1.165, 1.54) is 21.3 Å². The van der Waals surface area contributed by atoms with Crippen LogP contribution in [0.15, 0.2) is 17.3 Å². The van der Waals surface area contributed by atoms with Gasteiger partial charge < -0.3 is 29.1 Å². The molecule has 0 radical (unpaired) electrons.